The van der Waals surface area contributed by atoms with Gasteiger partial charge in [-0.15, -0.1) is 0 Å². The van der Waals surface area contributed by atoms with Crippen molar-refractivity contribution in [2.45, 2.75) is 11.9 Å². The first-order valence-electron chi connectivity index (χ1n) is 7.43. The van der Waals surface area contributed by atoms with Crippen molar-refractivity contribution in [3.8, 4) is 5.75 Å². The lowest BCUT2D eigenvalue weighted by molar-refractivity contribution is 0.207. The summed E-state index contributed by atoms with van der Waals surface area (Å²) >= 11 is 1.71. The van der Waals surface area contributed by atoms with E-state index in [9.17, 15) is 0 Å². The van der Waals surface area contributed by atoms with Crippen LogP contribution >= 0.6 is 11.8 Å². The van der Waals surface area contributed by atoms with Gasteiger partial charge in [0.2, 0.25) is 0 Å². The minimum atomic E-state index is 0.0462. The molecular weight excluding hydrogens is 294 g/mol. The van der Waals surface area contributed by atoms with Crippen molar-refractivity contribution in [1.29, 1.82) is 0 Å². The number of methoxy groups -OCH3 is 1. The van der Waals surface area contributed by atoms with Gasteiger partial charge in [-0.25, -0.2) is 0 Å². The van der Waals surface area contributed by atoms with E-state index < -0.39 is 0 Å². The second kappa shape index (κ2) is 6.73. The number of ether oxygens (including phenoxy) is 2. The van der Waals surface area contributed by atoms with Gasteiger partial charge in [0.05, 0.1) is 4.91 Å². The quantitative estimate of drug-likeness (QED) is 0.840. The van der Waals surface area contributed by atoms with Crippen molar-refractivity contribution >= 4 is 17.3 Å². The van der Waals surface area contributed by atoms with E-state index in [1.165, 1.54) is 10.5 Å². The fraction of sp³-hybridized carbons (Fsp3) is 0.333. The van der Waals surface area contributed by atoms with Gasteiger partial charge in [0.1, 0.15) is 16.9 Å². The second-order valence-electron chi connectivity index (χ2n) is 5.58. The molecule has 1 unspecified atom stereocenters. The molecule has 1 aromatic rings. The monoisotopic (exact) mass is 315 g/mol. The molecule has 0 spiro atoms. The molecule has 1 atom stereocenters. The van der Waals surface area contributed by atoms with Gasteiger partial charge in [0.15, 0.2) is 0 Å². The van der Waals surface area contributed by atoms with Crippen molar-refractivity contribution < 1.29 is 9.47 Å². The second-order valence-corrected chi connectivity index (χ2v) is 6.69. The summed E-state index contributed by atoms with van der Waals surface area (Å²) in [6.07, 6.45) is 7.38. The molecule has 0 saturated heterocycles. The number of rotatable bonds is 4. The first-order chi connectivity index (χ1) is 10.7. The standard InChI is InChI=1S/C18H21NO2S/c1-19(2)12-6-8-14-13-7-4-5-9-15(13)21-16-10-11-17(20-3)22-18(14)16/h4-5,7-11,17H,6,12H2,1-3H3. The molecule has 0 fully saturated rings. The highest BCUT2D eigenvalue weighted by Gasteiger charge is 2.28. The molecule has 3 rings (SSSR count). The fourth-order valence-corrected chi connectivity index (χ4v) is 3.58. The molecular formula is C18H21NO2S. The number of benzene rings is 1. The number of hydrogen-bond donors (Lipinski definition) is 0. The Balaban J connectivity index is 1.97. The average Bonchev–Trinajstić information content (AvgIpc) is 2.53. The normalized spacial score (nSPS) is 21.8. The van der Waals surface area contributed by atoms with E-state index in [-0.39, 0.29) is 5.44 Å². The minimum absolute atomic E-state index is 0.0462. The maximum Gasteiger partial charge on any atom is 0.141 e. The van der Waals surface area contributed by atoms with Gasteiger partial charge in [-0.05, 0) is 44.3 Å². The van der Waals surface area contributed by atoms with Gasteiger partial charge in [-0.1, -0.05) is 36.0 Å². The van der Waals surface area contributed by atoms with Crippen LogP contribution < -0.4 is 4.74 Å². The zero-order valence-corrected chi connectivity index (χ0v) is 14.0. The first kappa shape index (κ1) is 15.4. The van der Waals surface area contributed by atoms with Gasteiger partial charge in [-0.3, -0.25) is 0 Å². The maximum atomic E-state index is 6.05. The van der Waals surface area contributed by atoms with Crippen LogP contribution in [-0.2, 0) is 4.74 Å². The SMILES string of the molecule is COC1C=CC2=C(S1)C(=CCCN(C)C)c1ccccc1O2. The summed E-state index contributed by atoms with van der Waals surface area (Å²) in [5.74, 6) is 1.85. The van der Waals surface area contributed by atoms with E-state index in [0.717, 1.165) is 30.0 Å². The molecule has 0 N–H and O–H groups in total. The largest absolute Gasteiger partial charge is 0.456 e. The lowest BCUT2D eigenvalue weighted by atomic mass is 9.99. The van der Waals surface area contributed by atoms with Crippen LogP contribution in [0.15, 0.2) is 53.2 Å². The van der Waals surface area contributed by atoms with E-state index in [0.29, 0.717) is 0 Å². The summed E-state index contributed by atoms with van der Waals surface area (Å²) in [5, 5.41) is 0. The highest BCUT2D eigenvalue weighted by molar-refractivity contribution is 8.04. The Labute approximate surface area is 136 Å². The molecule has 2 aliphatic heterocycles. The van der Waals surface area contributed by atoms with E-state index in [4.69, 9.17) is 9.47 Å². The van der Waals surface area contributed by atoms with Crippen LogP contribution in [0.5, 0.6) is 5.75 Å². The van der Waals surface area contributed by atoms with Crippen LogP contribution in [0.1, 0.15) is 12.0 Å². The van der Waals surface area contributed by atoms with Crippen LogP contribution in [-0.4, -0.2) is 38.1 Å². The van der Waals surface area contributed by atoms with E-state index in [2.05, 4.69) is 37.2 Å². The maximum absolute atomic E-state index is 6.05. The Morgan fingerprint density at radius 1 is 1.32 bits per heavy atom. The Bertz CT molecular complexity index is 646. The summed E-state index contributed by atoms with van der Waals surface area (Å²) in [6, 6.07) is 8.23. The van der Waals surface area contributed by atoms with Gasteiger partial charge in [-0.2, -0.15) is 0 Å². The van der Waals surface area contributed by atoms with Crippen LogP contribution in [0.4, 0.5) is 0 Å². The number of nitrogens with zero attached hydrogens (tertiary/aromatic N) is 1. The van der Waals surface area contributed by atoms with Crippen LogP contribution in [0, 0.1) is 0 Å². The molecule has 0 aliphatic carbocycles. The van der Waals surface area contributed by atoms with Crippen molar-refractivity contribution in [1.82, 2.24) is 4.90 Å². The number of allylic oxidation sites excluding steroid dienone is 2. The highest BCUT2D eigenvalue weighted by Crippen LogP contribution is 2.47. The average molecular weight is 315 g/mol. The summed E-state index contributed by atoms with van der Waals surface area (Å²) in [5.41, 5.74) is 2.47. The Hall–Kier alpha value is -1.49. The summed E-state index contributed by atoms with van der Waals surface area (Å²) in [4.78, 5) is 3.37. The molecule has 1 aromatic carbocycles. The number of para-hydroxylation sites is 1. The molecule has 0 aromatic heterocycles. The smallest absolute Gasteiger partial charge is 0.141 e. The van der Waals surface area contributed by atoms with Gasteiger partial charge in [0, 0.05) is 19.2 Å². The highest BCUT2D eigenvalue weighted by atomic mass is 32.2. The van der Waals surface area contributed by atoms with Gasteiger partial charge in [0.25, 0.3) is 0 Å². The van der Waals surface area contributed by atoms with E-state index in [1.807, 2.05) is 24.3 Å². The third-order valence-corrected chi connectivity index (χ3v) is 4.90. The summed E-state index contributed by atoms with van der Waals surface area (Å²) < 4.78 is 11.5. The van der Waals surface area contributed by atoms with E-state index >= 15 is 0 Å². The van der Waals surface area contributed by atoms with Gasteiger partial charge < -0.3 is 14.4 Å². The predicted molar refractivity (Wildman–Crippen MR) is 92.8 cm³/mol. The van der Waals surface area contributed by atoms with Crippen LogP contribution in [0.3, 0.4) is 0 Å². The fourth-order valence-electron chi connectivity index (χ4n) is 2.55. The number of fused-ring (bicyclic) bond motifs is 1. The first-order valence-corrected chi connectivity index (χ1v) is 8.31. The Kier molecular flexibility index (Phi) is 4.71. The van der Waals surface area contributed by atoms with Crippen molar-refractivity contribution in [3.63, 3.8) is 0 Å². The van der Waals surface area contributed by atoms with Gasteiger partial charge >= 0.3 is 0 Å². The van der Waals surface area contributed by atoms with Crippen LogP contribution in [0.25, 0.3) is 5.57 Å². The van der Waals surface area contributed by atoms with Crippen molar-refractivity contribution in [2.24, 2.45) is 0 Å². The van der Waals surface area contributed by atoms with Crippen molar-refractivity contribution in [2.75, 3.05) is 27.7 Å². The molecule has 3 nitrogen and oxygen atoms in total. The third-order valence-electron chi connectivity index (χ3n) is 3.66. The lowest BCUT2D eigenvalue weighted by Gasteiger charge is -2.28. The molecule has 0 amide bonds. The van der Waals surface area contributed by atoms with Crippen LogP contribution in [0.2, 0.25) is 0 Å². The molecule has 4 heteroatoms. The molecule has 116 valence electrons. The Morgan fingerprint density at radius 3 is 2.91 bits per heavy atom. The third kappa shape index (κ3) is 3.14. The molecule has 2 heterocycles. The number of thioether (sulfide) groups is 1. The molecule has 0 bridgehead atoms. The minimum Gasteiger partial charge on any atom is -0.456 e. The zero-order valence-electron chi connectivity index (χ0n) is 13.2. The number of hydrogen-bond acceptors (Lipinski definition) is 4. The summed E-state index contributed by atoms with van der Waals surface area (Å²) in [7, 11) is 5.93. The summed E-state index contributed by atoms with van der Waals surface area (Å²) in [6.45, 7) is 1.03. The zero-order chi connectivity index (χ0) is 15.5. The molecule has 0 radical (unpaired) electrons. The molecule has 0 saturated carbocycles. The topological polar surface area (TPSA) is 21.7 Å². The molecule has 22 heavy (non-hydrogen) atoms. The lowest BCUT2D eigenvalue weighted by Crippen LogP contribution is -2.15. The van der Waals surface area contributed by atoms with Crippen molar-refractivity contribution in [3.05, 3.63) is 58.7 Å². The molecule has 2 aliphatic rings. The van der Waals surface area contributed by atoms with E-state index in [1.54, 1.807) is 18.9 Å². The predicted octanol–water partition coefficient (Wildman–Crippen LogP) is 3.90. The Morgan fingerprint density at radius 2 is 2.14 bits per heavy atom.